The Kier molecular flexibility index (Phi) is 4.03. The molecule has 104 valence electrons. The topological polar surface area (TPSA) is 21.3 Å². The van der Waals surface area contributed by atoms with E-state index >= 15 is 0 Å². The summed E-state index contributed by atoms with van der Waals surface area (Å²) in [6.07, 6.45) is 2.37. The molecule has 2 heteroatoms. The SMILES string of the molecule is CCNC1CCc2ccc(OCc3ccccc3)cc21. The Morgan fingerprint density at radius 3 is 2.80 bits per heavy atom. The van der Waals surface area contributed by atoms with Crippen molar-refractivity contribution in [3.8, 4) is 5.75 Å². The van der Waals surface area contributed by atoms with Gasteiger partial charge in [0.25, 0.3) is 0 Å². The van der Waals surface area contributed by atoms with E-state index in [2.05, 4.69) is 42.6 Å². The Morgan fingerprint density at radius 2 is 2.00 bits per heavy atom. The molecule has 1 N–H and O–H groups in total. The van der Waals surface area contributed by atoms with Crippen molar-refractivity contribution in [1.82, 2.24) is 5.32 Å². The van der Waals surface area contributed by atoms with Crippen LogP contribution in [0.1, 0.15) is 36.1 Å². The second-order valence-electron chi connectivity index (χ2n) is 5.28. The lowest BCUT2D eigenvalue weighted by Gasteiger charge is -2.14. The zero-order chi connectivity index (χ0) is 13.8. The minimum Gasteiger partial charge on any atom is -0.489 e. The molecular formula is C18H21NO. The lowest BCUT2D eigenvalue weighted by Crippen LogP contribution is -2.18. The Labute approximate surface area is 120 Å². The summed E-state index contributed by atoms with van der Waals surface area (Å²) in [5, 5.41) is 3.55. The predicted octanol–water partition coefficient (Wildman–Crippen LogP) is 3.86. The summed E-state index contributed by atoms with van der Waals surface area (Å²) in [5.74, 6) is 0.970. The Balaban J connectivity index is 1.71. The van der Waals surface area contributed by atoms with Crippen molar-refractivity contribution in [2.24, 2.45) is 0 Å². The third-order valence-corrected chi connectivity index (χ3v) is 3.89. The highest BCUT2D eigenvalue weighted by molar-refractivity contribution is 5.41. The molecule has 1 aliphatic carbocycles. The Morgan fingerprint density at radius 1 is 1.15 bits per heavy atom. The third-order valence-electron chi connectivity index (χ3n) is 3.89. The van der Waals surface area contributed by atoms with Crippen LogP contribution in [0.4, 0.5) is 0 Å². The van der Waals surface area contributed by atoms with Crippen LogP contribution in [0.2, 0.25) is 0 Å². The van der Waals surface area contributed by atoms with E-state index in [1.54, 1.807) is 0 Å². The van der Waals surface area contributed by atoms with Gasteiger partial charge < -0.3 is 10.1 Å². The van der Waals surface area contributed by atoms with Crippen molar-refractivity contribution in [1.29, 1.82) is 0 Å². The second-order valence-corrected chi connectivity index (χ2v) is 5.28. The molecule has 0 aromatic heterocycles. The van der Waals surface area contributed by atoms with Crippen molar-refractivity contribution in [3.63, 3.8) is 0 Å². The van der Waals surface area contributed by atoms with Crippen LogP contribution in [-0.4, -0.2) is 6.54 Å². The summed E-state index contributed by atoms with van der Waals surface area (Å²) in [7, 11) is 0. The number of nitrogens with one attached hydrogen (secondary N) is 1. The lowest BCUT2D eigenvalue weighted by molar-refractivity contribution is 0.305. The molecule has 1 aliphatic rings. The average molecular weight is 267 g/mol. The molecule has 2 aromatic carbocycles. The molecule has 1 atom stereocenters. The first kappa shape index (κ1) is 13.2. The summed E-state index contributed by atoms with van der Waals surface area (Å²) >= 11 is 0. The molecule has 0 fully saturated rings. The summed E-state index contributed by atoms with van der Waals surface area (Å²) in [4.78, 5) is 0. The summed E-state index contributed by atoms with van der Waals surface area (Å²) in [6.45, 7) is 3.80. The number of hydrogen-bond donors (Lipinski definition) is 1. The molecule has 0 spiro atoms. The van der Waals surface area contributed by atoms with Gasteiger partial charge >= 0.3 is 0 Å². The first-order valence-electron chi connectivity index (χ1n) is 7.39. The number of rotatable bonds is 5. The molecule has 0 radical (unpaired) electrons. The Hall–Kier alpha value is -1.80. The molecular weight excluding hydrogens is 246 g/mol. The van der Waals surface area contributed by atoms with Gasteiger partial charge in [-0.2, -0.15) is 0 Å². The largest absolute Gasteiger partial charge is 0.489 e. The van der Waals surface area contributed by atoms with Gasteiger partial charge in [0, 0.05) is 6.04 Å². The molecule has 0 saturated carbocycles. The average Bonchev–Trinajstić information content (AvgIpc) is 2.89. The molecule has 0 aliphatic heterocycles. The molecule has 0 saturated heterocycles. The van der Waals surface area contributed by atoms with Crippen LogP contribution in [0.15, 0.2) is 48.5 Å². The molecule has 20 heavy (non-hydrogen) atoms. The van der Waals surface area contributed by atoms with E-state index in [-0.39, 0.29) is 0 Å². The normalized spacial score (nSPS) is 16.9. The van der Waals surface area contributed by atoms with Gasteiger partial charge in [-0.1, -0.05) is 43.3 Å². The minimum atomic E-state index is 0.496. The van der Waals surface area contributed by atoms with Gasteiger partial charge in [0.05, 0.1) is 0 Å². The highest BCUT2D eigenvalue weighted by atomic mass is 16.5. The minimum absolute atomic E-state index is 0.496. The van der Waals surface area contributed by atoms with Gasteiger partial charge in [-0.3, -0.25) is 0 Å². The van der Waals surface area contributed by atoms with E-state index in [0.29, 0.717) is 12.6 Å². The predicted molar refractivity (Wildman–Crippen MR) is 82.0 cm³/mol. The van der Waals surface area contributed by atoms with E-state index in [4.69, 9.17) is 4.74 Å². The monoisotopic (exact) mass is 267 g/mol. The molecule has 0 bridgehead atoms. The first-order valence-corrected chi connectivity index (χ1v) is 7.39. The quantitative estimate of drug-likeness (QED) is 0.888. The molecule has 0 heterocycles. The van der Waals surface area contributed by atoms with E-state index < -0.39 is 0 Å². The van der Waals surface area contributed by atoms with Crippen LogP contribution >= 0.6 is 0 Å². The van der Waals surface area contributed by atoms with Crippen molar-refractivity contribution in [2.75, 3.05) is 6.54 Å². The summed E-state index contributed by atoms with van der Waals surface area (Å²) < 4.78 is 5.92. The van der Waals surface area contributed by atoms with E-state index in [1.807, 2.05) is 18.2 Å². The van der Waals surface area contributed by atoms with E-state index in [1.165, 1.54) is 29.5 Å². The van der Waals surface area contributed by atoms with Gasteiger partial charge in [0.15, 0.2) is 0 Å². The highest BCUT2D eigenvalue weighted by Crippen LogP contribution is 2.33. The van der Waals surface area contributed by atoms with Crippen molar-refractivity contribution >= 4 is 0 Å². The maximum atomic E-state index is 5.92. The van der Waals surface area contributed by atoms with Crippen LogP contribution in [-0.2, 0) is 13.0 Å². The van der Waals surface area contributed by atoms with Crippen molar-refractivity contribution < 1.29 is 4.74 Å². The first-order chi connectivity index (χ1) is 9.86. The van der Waals surface area contributed by atoms with Gasteiger partial charge in [-0.25, -0.2) is 0 Å². The lowest BCUT2D eigenvalue weighted by atomic mass is 10.1. The fraction of sp³-hybridized carbons (Fsp3) is 0.333. The highest BCUT2D eigenvalue weighted by Gasteiger charge is 2.21. The fourth-order valence-electron chi connectivity index (χ4n) is 2.87. The van der Waals surface area contributed by atoms with Crippen LogP contribution < -0.4 is 10.1 Å². The zero-order valence-corrected chi connectivity index (χ0v) is 11.9. The van der Waals surface area contributed by atoms with E-state index in [9.17, 15) is 0 Å². The maximum absolute atomic E-state index is 5.92. The van der Waals surface area contributed by atoms with Gasteiger partial charge in [0.1, 0.15) is 12.4 Å². The van der Waals surface area contributed by atoms with Crippen molar-refractivity contribution in [2.45, 2.75) is 32.4 Å². The molecule has 3 rings (SSSR count). The van der Waals surface area contributed by atoms with Gasteiger partial charge in [0.2, 0.25) is 0 Å². The number of ether oxygens (including phenoxy) is 1. The number of aryl methyl sites for hydroxylation is 1. The van der Waals surface area contributed by atoms with Crippen LogP contribution in [0, 0.1) is 0 Å². The number of hydrogen-bond acceptors (Lipinski definition) is 2. The molecule has 2 aromatic rings. The molecule has 2 nitrogen and oxygen atoms in total. The van der Waals surface area contributed by atoms with Crippen LogP contribution in [0.25, 0.3) is 0 Å². The maximum Gasteiger partial charge on any atom is 0.120 e. The fourth-order valence-corrected chi connectivity index (χ4v) is 2.87. The number of fused-ring (bicyclic) bond motifs is 1. The summed E-state index contributed by atoms with van der Waals surface area (Å²) in [5.41, 5.74) is 4.08. The Bertz CT molecular complexity index is 563. The third kappa shape index (κ3) is 2.86. The number of benzene rings is 2. The van der Waals surface area contributed by atoms with Crippen LogP contribution in [0.5, 0.6) is 5.75 Å². The van der Waals surface area contributed by atoms with E-state index in [0.717, 1.165) is 12.3 Å². The van der Waals surface area contributed by atoms with Gasteiger partial charge in [-0.15, -0.1) is 0 Å². The summed E-state index contributed by atoms with van der Waals surface area (Å²) in [6, 6.07) is 17.3. The molecule has 0 amide bonds. The molecule has 1 unspecified atom stereocenters. The standard InChI is InChI=1S/C18H21NO/c1-2-19-18-11-9-15-8-10-16(12-17(15)18)20-13-14-6-4-3-5-7-14/h3-8,10,12,18-19H,2,9,11,13H2,1H3. The second kappa shape index (κ2) is 6.10. The smallest absolute Gasteiger partial charge is 0.120 e. The van der Waals surface area contributed by atoms with Gasteiger partial charge in [-0.05, 0) is 48.2 Å². The van der Waals surface area contributed by atoms with Crippen LogP contribution in [0.3, 0.4) is 0 Å². The van der Waals surface area contributed by atoms with Crippen molar-refractivity contribution in [3.05, 3.63) is 65.2 Å². The zero-order valence-electron chi connectivity index (χ0n) is 11.9.